The third-order valence-corrected chi connectivity index (χ3v) is 4.43. The predicted molar refractivity (Wildman–Crippen MR) is 90.0 cm³/mol. The number of aliphatic imine (C=N–C) groups is 1. The van der Waals surface area contributed by atoms with Gasteiger partial charge in [-0.1, -0.05) is 29.5 Å². The summed E-state index contributed by atoms with van der Waals surface area (Å²) in [5, 5.41) is 8.38. The highest BCUT2D eigenvalue weighted by atomic mass is 16.2. The lowest BCUT2D eigenvalue weighted by atomic mass is 10.1. The van der Waals surface area contributed by atoms with E-state index >= 15 is 0 Å². The lowest BCUT2D eigenvalue weighted by Crippen LogP contribution is -2.50. The van der Waals surface area contributed by atoms with Crippen molar-refractivity contribution in [2.45, 2.75) is 6.67 Å². The van der Waals surface area contributed by atoms with Crippen molar-refractivity contribution in [2.24, 2.45) is 4.99 Å². The Labute approximate surface area is 137 Å². The zero-order valence-electron chi connectivity index (χ0n) is 12.8. The molecule has 2 aliphatic heterocycles. The Morgan fingerprint density at radius 1 is 1.04 bits per heavy atom. The van der Waals surface area contributed by atoms with Gasteiger partial charge in [0.05, 0.1) is 17.7 Å². The number of hydrogen-bond donors (Lipinski definition) is 0. The van der Waals surface area contributed by atoms with Crippen molar-refractivity contribution in [1.29, 1.82) is 0 Å². The highest BCUT2D eigenvalue weighted by Gasteiger charge is 2.37. The number of para-hydroxylation sites is 2. The van der Waals surface area contributed by atoms with Gasteiger partial charge in [-0.2, -0.15) is 0 Å². The van der Waals surface area contributed by atoms with Gasteiger partial charge in [0.1, 0.15) is 18.0 Å². The maximum absolute atomic E-state index is 12.9. The number of amidine groups is 1. The number of nitrogens with zero attached hydrogens (tertiary/aromatic N) is 6. The van der Waals surface area contributed by atoms with Gasteiger partial charge in [0, 0.05) is 12.1 Å². The van der Waals surface area contributed by atoms with E-state index in [-0.39, 0.29) is 6.03 Å². The van der Waals surface area contributed by atoms with E-state index in [0.717, 1.165) is 28.1 Å². The van der Waals surface area contributed by atoms with Gasteiger partial charge in [0.15, 0.2) is 0 Å². The van der Waals surface area contributed by atoms with Crippen LogP contribution in [-0.4, -0.2) is 44.9 Å². The van der Waals surface area contributed by atoms with Crippen LogP contribution < -0.4 is 4.90 Å². The number of benzene rings is 2. The summed E-state index contributed by atoms with van der Waals surface area (Å²) in [6.45, 7) is 1.59. The van der Waals surface area contributed by atoms with Crippen molar-refractivity contribution in [3.05, 3.63) is 54.1 Å². The second-order valence-corrected chi connectivity index (χ2v) is 5.80. The van der Waals surface area contributed by atoms with E-state index in [9.17, 15) is 4.79 Å². The molecule has 0 aliphatic carbocycles. The van der Waals surface area contributed by atoms with Crippen LogP contribution in [-0.2, 0) is 6.67 Å². The molecule has 2 aliphatic rings. The molecule has 7 nitrogen and oxygen atoms in total. The number of hydrogen-bond acceptors (Lipinski definition) is 4. The monoisotopic (exact) mass is 318 g/mol. The zero-order valence-corrected chi connectivity index (χ0v) is 12.8. The molecule has 0 bridgehead atoms. The number of urea groups is 1. The molecule has 7 heteroatoms. The topological polar surface area (TPSA) is 66.6 Å². The zero-order chi connectivity index (χ0) is 16.1. The van der Waals surface area contributed by atoms with Crippen molar-refractivity contribution in [3.8, 4) is 0 Å². The Balaban J connectivity index is 1.61. The van der Waals surface area contributed by atoms with Crippen LogP contribution >= 0.6 is 0 Å². The van der Waals surface area contributed by atoms with Gasteiger partial charge in [-0.3, -0.25) is 14.8 Å². The Bertz CT molecular complexity index is 991. The average Bonchev–Trinajstić information content (AvgIpc) is 3.26. The minimum Gasteiger partial charge on any atom is -0.276 e. The van der Waals surface area contributed by atoms with Gasteiger partial charge in [-0.05, 0) is 24.3 Å². The molecule has 0 fully saturated rings. The molecule has 24 heavy (non-hydrogen) atoms. The summed E-state index contributed by atoms with van der Waals surface area (Å²) in [7, 11) is 0. The van der Waals surface area contributed by atoms with E-state index < -0.39 is 0 Å². The van der Waals surface area contributed by atoms with Crippen LogP contribution in [0.5, 0.6) is 0 Å². The van der Waals surface area contributed by atoms with Gasteiger partial charge in [0.25, 0.3) is 0 Å². The Kier molecular flexibility index (Phi) is 2.70. The minimum absolute atomic E-state index is 0.0652. The standard InChI is InChI=1S/C17H14N6O/c24-17-21-10-9-18-16(21)12-5-1-3-7-14(12)22(17)11-23-15-8-4-2-6-13(15)19-20-23/h1-8H,9-11H2. The lowest BCUT2D eigenvalue weighted by Gasteiger charge is -2.35. The van der Waals surface area contributed by atoms with Crippen molar-refractivity contribution >= 4 is 28.6 Å². The van der Waals surface area contributed by atoms with E-state index in [1.807, 2.05) is 48.5 Å². The average molecular weight is 318 g/mol. The number of carbonyl (C=O) groups is 1. The van der Waals surface area contributed by atoms with Crippen LogP contribution in [0.2, 0.25) is 0 Å². The molecule has 0 spiro atoms. The molecule has 0 atom stereocenters. The van der Waals surface area contributed by atoms with Crippen molar-refractivity contribution < 1.29 is 4.79 Å². The number of carbonyl (C=O) groups excluding carboxylic acids is 1. The Hall–Kier alpha value is -3.22. The fourth-order valence-corrected chi connectivity index (χ4v) is 3.30. The fourth-order valence-electron chi connectivity index (χ4n) is 3.30. The molecule has 2 amide bonds. The van der Waals surface area contributed by atoms with E-state index in [4.69, 9.17) is 0 Å². The number of amides is 2. The summed E-state index contributed by atoms with van der Waals surface area (Å²) in [6.07, 6.45) is 0. The first kappa shape index (κ1) is 13.2. The third kappa shape index (κ3) is 1.78. The molecule has 3 heterocycles. The highest BCUT2D eigenvalue weighted by molar-refractivity contribution is 6.19. The molecular formula is C17H14N6O. The van der Waals surface area contributed by atoms with Crippen LogP contribution in [0, 0.1) is 0 Å². The maximum atomic E-state index is 12.9. The first-order valence-corrected chi connectivity index (χ1v) is 7.84. The molecule has 0 unspecified atom stereocenters. The van der Waals surface area contributed by atoms with E-state index in [1.54, 1.807) is 14.5 Å². The molecule has 0 saturated carbocycles. The van der Waals surface area contributed by atoms with E-state index in [0.29, 0.717) is 19.8 Å². The maximum Gasteiger partial charge on any atom is 0.331 e. The van der Waals surface area contributed by atoms with Crippen LogP contribution in [0.25, 0.3) is 11.0 Å². The number of rotatable bonds is 2. The molecule has 1 aromatic heterocycles. The molecule has 0 N–H and O–H groups in total. The summed E-state index contributed by atoms with van der Waals surface area (Å²) in [4.78, 5) is 20.9. The third-order valence-electron chi connectivity index (χ3n) is 4.43. The predicted octanol–water partition coefficient (Wildman–Crippen LogP) is 2.09. The van der Waals surface area contributed by atoms with Gasteiger partial charge in [-0.15, -0.1) is 5.10 Å². The normalized spacial score (nSPS) is 16.3. The molecule has 3 aromatic rings. The molecule has 118 valence electrons. The van der Waals surface area contributed by atoms with Crippen molar-refractivity contribution in [1.82, 2.24) is 19.9 Å². The van der Waals surface area contributed by atoms with Gasteiger partial charge in [0.2, 0.25) is 0 Å². The first-order chi connectivity index (χ1) is 11.8. The quantitative estimate of drug-likeness (QED) is 0.726. The van der Waals surface area contributed by atoms with Crippen molar-refractivity contribution in [2.75, 3.05) is 18.0 Å². The van der Waals surface area contributed by atoms with Crippen LogP contribution in [0.15, 0.2) is 53.5 Å². The fraction of sp³-hybridized carbons (Fsp3) is 0.176. The van der Waals surface area contributed by atoms with Gasteiger partial charge >= 0.3 is 6.03 Å². The lowest BCUT2D eigenvalue weighted by molar-refractivity contribution is 0.226. The molecule has 2 aromatic carbocycles. The summed E-state index contributed by atoms with van der Waals surface area (Å²) in [5.74, 6) is 0.773. The van der Waals surface area contributed by atoms with Crippen LogP contribution in [0.3, 0.4) is 0 Å². The van der Waals surface area contributed by atoms with Gasteiger partial charge in [-0.25, -0.2) is 9.48 Å². The van der Waals surface area contributed by atoms with Gasteiger partial charge < -0.3 is 0 Å². The molecule has 0 radical (unpaired) electrons. The van der Waals surface area contributed by atoms with E-state index in [2.05, 4.69) is 15.3 Å². The summed E-state index contributed by atoms with van der Waals surface area (Å²) in [6, 6.07) is 15.5. The Morgan fingerprint density at radius 2 is 1.88 bits per heavy atom. The second-order valence-electron chi connectivity index (χ2n) is 5.80. The number of aromatic nitrogens is 3. The minimum atomic E-state index is -0.0652. The van der Waals surface area contributed by atoms with Crippen LogP contribution in [0.4, 0.5) is 10.5 Å². The van der Waals surface area contributed by atoms with Crippen molar-refractivity contribution in [3.63, 3.8) is 0 Å². The first-order valence-electron chi connectivity index (χ1n) is 7.84. The summed E-state index contributed by atoms with van der Waals surface area (Å²) >= 11 is 0. The second kappa shape index (κ2) is 4.89. The van der Waals surface area contributed by atoms with E-state index in [1.165, 1.54) is 0 Å². The highest BCUT2D eigenvalue weighted by Crippen LogP contribution is 2.31. The Morgan fingerprint density at radius 3 is 2.83 bits per heavy atom. The SMILES string of the molecule is O=C1N2CCN=C2c2ccccc2N1Cn1nnc2ccccc21. The number of fused-ring (bicyclic) bond motifs is 4. The summed E-state index contributed by atoms with van der Waals surface area (Å²) < 4.78 is 1.75. The molecule has 0 saturated heterocycles. The largest absolute Gasteiger partial charge is 0.331 e. The molecular weight excluding hydrogens is 304 g/mol. The molecule has 5 rings (SSSR count). The summed E-state index contributed by atoms with van der Waals surface area (Å²) in [5.41, 5.74) is 3.57. The number of anilines is 1. The smallest absolute Gasteiger partial charge is 0.276 e. The van der Waals surface area contributed by atoms with Crippen LogP contribution in [0.1, 0.15) is 5.56 Å².